The van der Waals surface area contributed by atoms with Gasteiger partial charge in [0.2, 0.25) is 20.0 Å². The Labute approximate surface area is 109 Å². The van der Waals surface area contributed by atoms with Gasteiger partial charge < -0.3 is 10.8 Å². The van der Waals surface area contributed by atoms with Gasteiger partial charge >= 0.3 is 0 Å². The van der Waals surface area contributed by atoms with Crippen molar-refractivity contribution in [3.63, 3.8) is 0 Å². The SMILES string of the molecule is NS(=O)(=O)c1cc2c(cc1Cl)NCNS2(=O)=O.O. The van der Waals surface area contributed by atoms with E-state index in [-0.39, 0.29) is 27.8 Å². The van der Waals surface area contributed by atoms with E-state index in [0.717, 1.165) is 6.07 Å². The van der Waals surface area contributed by atoms with Crippen molar-refractivity contribution >= 4 is 37.3 Å². The molecule has 1 aliphatic heterocycles. The van der Waals surface area contributed by atoms with Crippen LogP contribution in [0.4, 0.5) is 5.69 Å². The van der Waals surface area contributed by atoms with Crippen LogP contribution in [0.2, 0.25) is 5.02 Å². The molecule has 1 aromatic carbocycles. The summed E-state index contributed by atoms with van der Waals surface area (Å²) in [6.45, 7) is 0.0143. The van der Waals surface area contributed by atoms with E-state index >= 15 is 0 Å². The molecular weight excluding hydrogens is 306 g/mol. The zero-order valence-electron chi connectivity index (χ0n) is 8.77. The molecule has 2 rings (SSSR count). The van der Waals surface area contributed by atoms with Gasteiger partial charge in [-0.1, -0.05) is 11.6 Å². The molecule has 11 heteroatoms. The van der Waals surface area contributed by atoms with E-state index in [1.807, 2.05) is 0 Å². The van der Waals surface area contributed by atoms with Crippen LogP contribution >= 0.6 is 11.6 Å². The molecule has 0 atom stereocenters. The number of sulfonamides is 2. The second-order valence-corrected chi connectivity index (χ2v) is 7.00. The fourth-order valence-corrected chi connectivity index (χ4v) is 3.70. The fourth-order valence-electron chi connectivity index (χ4n) is 1.42. The van der Waals surface area contributed by atoms with Gasteiger partial charge in [0.05, 0.1) is 17.4 Å². The summed E-state index contributed by atoms with van der Waals surface area (Å²) in [6.07, 6.45) is 0. The van der Waals surface area contributed by atoms with Gasteiger partial charge in [0.15, 0.2) is 0 Å². The summed E-state index contributed by atoms with van der Waals surface area (Å²) >= 11 is 5.72. The first-order valence-corrected chi connectivity index (χ1v) is 7.72. The lowest BCUT2D eigenvalue weighted by Crippen LogP contribution is -2.34. The summed E-state index contributed by atoms with van der Waals surface area (Å²) in [7, 11) is -7.80. The van der Waals surface area contributed by atoms with Crippen LogP contribution in [-0.4, -0.2) is 29.0 Å². The monoisotopic (exact) mass is 315 g/mol. The number of fused-ring (bicyclic) bond motifs is 1. The second-order valence-electron chi connectivity index (χ2n) is 3.33. The van der Waals surface area contributed by atoms with E-state index in [1.54, 1.807) is 0 Å². The maximum absolute atomic E-state index is 11.6. The zero-order valence-corrected chi connectivity index (χ0v) is 11.2. The highest BCUT2D eigenvalue weighted by molar-refractivity contribution is 7.90. The summed E-state index contributed by atoms with van der Waals surface area (Å²) in [5.41, 5.74) is 0.237. The minimum atomic E-state index is -4.07. The normalized spacial score (nSPS) is 17.2. The molecular formula is C7H10ClN3O5S2. The molecule has 0 fully saturated rings. The van der Waals surface area contributed by atoms with E-state index in [1.165, 1.54) is 6.07 Å². The van der Waals surface area contributed by atoms with Crippen LogP contribution in [0, 0.1) is 0 Å². The number of benzene rings is 1. The molecule has 6 N–H and O–H groups in total. The fraction of sp³-hybridized carbons (Fsp3) is 0.143. The van der Waals surface area contributed by atoms with Gasteiger partial charge in [-0.25, -0.2) is 22.0 Å². The summed E-state index contributed by atoms with van der Waals surface area (Å²) in [5.74, 6) is 0. The average Bonchev–Trinajstić information content (AvgIpc) is 2.13. The molecule has 8 nitrogen and oxygen atoms in total. The average molecular weight is 316 g/mol. The second kappa shape index (κ2) is 4.64. The highest BCUT2D eigenvalue weighted by Crippen LogP contribution is 2.32. The quantitative estimate of drug-likeness (QED) is 0.596. The molecule has 0 radical (unpaired) electrons. The van der Waals surface area contributed by atoms with Crippen LogP contribution in [0.1, 0.15) is 0 Å². The van der Waals surface area contributed by atoms with Crippen molar-refractivity contribution in [1.29, 1.82) is 0 Å². The van der Waals surface area contributed by atoms with Crippen LogP contribution in [0.5, 0.6) is 0 Å². The molecule has 0 aliphatic carbocycles. The summed E-state index contributed by atoms with van der Waals surface area (Å²) in [4.78, 5) is -0.621. The molecule has 0 aromatic heterocycles. The molecule has 102 valence electrons. The van der Waals surface area contributed by atoms with E-state index in [2.05, 4.69) is 10.0 Å². The number of nitrogens with two attached hydrogens (primary N) is 1. The van der Waals surface area contributed by atoms with Gasteiger partial charge in [-0.2, -0.15) is 4.72 Å². The third-order valence-corrected chi connectivity index (χ3v) is 4.99. The molecule has 1 aliphatic rings. The van der Waals surface area contributed by atoms with Crippen molar-refractivity contribution in [2.75, 3.05) is 12.0 Å². The van der Waals surface area contributed by atoms with Gasteiger partial charge in [-0.05, 0) is 12.1 Å². The van der Waals surface area contributed by atoms with Crippen LogP contribution in [0.3, 0.4) is 0 Å². The first-order valence-electron chi connectivity index (χ1n) is 4.32. The van der Waals surface area contributed by atoms with Crippen LogP contribution in [0.25, 0.3) is 0 Å². The molecule has 0 unspecified atom stereocenters. The molecule has 1 aromatic rings. The van der Waals surface area contributed by atoms with Crippen molar-refractivity contribution in [2.45, 2.75) is 9.79 Å². The minimum absolute atomic E-state index is 0. The maximum atomic E-state index is 11.6. The first kappa shape index (κ1) is 15.1. The Bertz CT molecular complexity index is 685. The lowest BCUT2D eigenvalue weighted by molar-refractivity contribution is 0.581. The number of anilines is 1. The number of hydrogen-bond acceptors (Lipinski definition) is 5. The lowest BCUT2D eigenvalue weighted by Gasteiger charge is -2.20. The molecule has 0 bridgehead atoms. The Morgan fingerprint density at radius 1 is 1.33 bits per heavy atom. The Morgan fingerprint density at radius 2 is 1.94 bits per heavy atom. The molecule has 1 heterocycles. The maximum Gasteiger partial charge on any atom is 0.244 e. The van der Waals surface area contributed by atoms with Gasteiger partial charge in [-0.3, -0.25) is 0 Å². The third-order valence-electron chi connectivity index (χ3n) is 2.17. The van der Waals surface area contributed by atoms with Crippen LogP contribution < -0.4 is 15.2 Å². The lowest BCUT2D eigenvalue weighted by atomic mass is 10.3. The Hall–Kier alpha value is -0.910. The van der Waals surface area contributed by atoms with Crippen molar-refractivity contribution in [1.82, 2.24) is 4.72 Å². The van der Waals surface area contributed by atoms with Crippen LogP contribution in [-0.2, 0) is 20.0 Å². The standard InChI is InChI=1S/C7H8ClN3O4S2.H2O/c8-4-1-5-7(2-6(4)16(9,12)13)17(14,15)11-3-10-5;/h1-2,10-11H,3H2,(H2,9,12,13);1H2. The van der Waals surface area contributed by atoms with E-state index in [4.69, 9.17) is 16.7 Å². The van der Waals surface area contributed by atoms with E-state index in [0.29, 0.717) is 0 Å². The number of nitrogens with one attached hydrogen (secondary N) is 2. The highest BCUT2D eigenvalue weighted by atomic mass is 35.5. The first-order chi connectivity index (χ1) is 7.72. The molecule has 0 spiro atoms. The largest absolute Gasteiger partial charge is 0.412 e. The predicted molar refractivity (Wildman–Crippen MR) is 65.3 cm³/mol. The molecule has 0 saturated carbocycles. The van der Waals surface area contributed by atoms with E-state index in [9.17, 15) is 16.8 Å². The smallest absolute Gasteiger partial charge is 0.244 e. The Kier molecular flexibility index (Phi) is 3.91. The molecule has 0 amide bonds. The number of hydrogen-bond donors (Lipinski definition) is 3. The van der Waals surface area contributed by atoms with Crippen molar-refractivity contribution in [2.24, 2.45) is 5.14 Å². The van der Waals surface area contributed by atoms with Crippen LogP contribution in [0.15, 0.2) is 21.9 Å². The number of rotatable bonds is 1. The zero-order chi connectivity index (χ0) is 12.8. The highest BCUT2D eigenvalue weighted by Gasteiger charge is 2.26. The van der Waals surface area contributed by atoms with Gasteiger partial charge in [-0.15, -0.1) is 0 Å². The summed E-state index contributed by atoms with van der Waals surface area (Å²) in [6, 6.07) is 2.15. The van der Waals surface area contributed by atoms with Crippen molar-refractivity contribution < 1.29 is 22.3 Å². The summed E-state index contributed by atoms with van der Waals surface area (Å²) < 4.78 is 47.9. The van der Waals surface area contributed by atoms with E-state index < -0.39 is 24.9 Å². The van der Waals surface area contributed by atoms with Crippen molar-refractivity contribution in [3.8, 4) is 0 Å². The van der Waals surface area contributed by atoms with Gasteiger partial charge in [0.25, 0.3) is 0 Å². The Balaban J connectivity index is 0.00000162. The predicted octanol–water partition coefficient (Wildman–Crippen LogP) is -1.18. The minimum Gasteiger partial charge on any atom is -0.412 e. The third kappa shape index (κ3) is 2.58. The number of primary sulfonamides is 1. The van der Waals surface area contributed by atoms with Gasteiger partial charge in [0.1, 0.15) is 9.79 Å². The topological polar surface area (TPSA) is 150 Å². The van der Waals surface area contributed by atoms with Gasteiger partial charge in [0, 0.05) is 0 Å². The summed E-state index contributed by atoms with van der Waals surface area (Å²) in [5, 5.41) is 7.53. The molecule has 18 heavy (non-hydrogen) atoms. The Morgan fingerprint density at radius 3 is 2.50 bits per heavy atom. The molecule has 0 saturated heterocycles. The van der Waals surface area contributed by atoms with Crippen molar-refractivity contribution in [3.05, 3.63) is 17.2 Å². The number of halogens is 1.